The van der Waals surface area contributed by atoms with Crippen LogP contribution >= 0.6 is 0 Å². The number of nitrogens with one attached hydrogen (secondary N) is 1. The van der Waals surface area contributed by atoms with Crippen molar-refractivity contribution in [3.8, 4) is 0 Å². The third-order valence-electron chi connectivity index (χ3n) is 11.3. The standard InChI is InChI=1S/C48H95NO3/c1-3-5-7-9-11-13-15-17-18-19-20-21-22-23-24-25-26-27-28-29-30-31-32-33-35-37-39-41-43-47(51)46(45-50)49-48(52)44-42-40-38-36-34-16-14-12-10-8-6-4-2/h12,14,46-47,50-51H,3-11,13,15-45H2,1-2H3,(H,49,52)/b14-12-. The Morgan fingerprint density at radius 3 is 1.10 bits per heavy atom. The predicted molar refractivity (Wildman–Crippen MR) is 230 cm³/mol. The molecule has 4 nitrogen and oxygen atoms in total. The van der Waals surface area contributed by atoms with E-state index in [1.54, 1.807) is 0 Å². The van der Waals surface area contributed by atoms with Gasteiger partial charge in [-0.3, -0.25) is 4.79 Å². The molecule has 4 heteroatoms. The van der Waals surface area contributed by atoms with Gasteiger partial charge in [-0.25, -0.2) is 0 Å². The normalized spacial score (nSPS) is 12.9. The highest BCUT2D eigenvalue weighted by Gasteiger charge is 2.20. The predicted octanol–water partition coefficient (Wildman–Crippen LogP) is 15.0. The largest absolute Gasteiger partial charge is 0.394 e. The van der Waals surface area contributed by atoms with Gasteiger partial charge in [0.15, 0.2) is 0 Å². The van der Waals surface area contributed by atoms with Gasteiger partial charge in [0.2, 0.25) is 5.91 Å². The van der Waals surface area contributed by atoms with Gasteiger partial charge < -0.3 is 15.5 Å². The van der Waals surface area contributed by atoms with E-state index >= 15 is 0 Å². The summed E-state index contributed by atoms with van der Waals surface area (Å²) in [5, 5.41) is 23.2. The third kappa shape index (κ3) is 40.3. The molecule has 0 aromatic rings. The first-order chi connectivity index (χ1) is 25.7. The molecule has 1 amide bonds. The molecule has 0 spiro atoms. The first-order valence-corrected chi connectivity index (χ1v) is 23.9. The molecule has 0 aromatic heterocycles. The van der Waals surface area contributed by atoms with Crippen molar-refractivity contribution >= 4 is 5.91 Å². The lowest BCUT2D eigenvalue weighted by Crippen LogP contribution is -2.45. The van der Waals surface area contributed by atoms with Gasteiger partial charge in [-0.1, -0.05) is 238 Å². The monoisotopic (exact) mass is 734 g/mol. The van der Waals surface area contributed by atoms with Crippen LogP contribution in [-0.2, 0) is 4.79 Å². The van der Waals surface area contributed by atoms with Crippen LogP contribution in [0.1, 0.15) is 271 Å². The molecule has 2 unspecified atom stereocenters. The average Bonchev–Trinajstić information content (AvgIpc) is 3.15. The number of carbonyl (C=O) groups is 1. The maximum absolute atomic E-state index is 12.4. The van der Waals surface area contributed by atoms with Crippen LogP contribution in [-0.4, -0.2) is 34.9 Å². The second-order valence-electron chi connectivity index (χ2n) is 16.5. The lowest BCUT2D eigenvalue weighted by molar-refractivity contribution is -0.123. The topological polar surface area (TPSA) is 69.6 Å². The molecule has 0 saturated carbocycles. The molecule has 0 aliphatic rings. The van der Waals surface area contributed by atoms with Gasteiger partial charge in [0.05, 0.1) is 18.8 Å². The average molecular weight is 734 g/mol. The van der Waals surface area contributed by atoms with Crippen LogP contribution in [0.4, 0.5) is 0 Å². The SMILES string of the molecule is CCCCC/C=C\CCCCCCCC(=O)NC(CO)C(O)CCCCCCCCCCCCCCCCCCCCCCCCCCCCCC. The Labute approximate surface area is 327 Å². The summed E-state index contributed by atoms with van der Waals surface area (Å²) < 4.78 is 0. The Bertz CT molecular complexity index is 710. The Hall–Kier alpha value is -0.870. The second kappa shape index (κ2) is 44.5. The molecule has 0 aromatic carbocycles. The molecule has 0 heterocycles. The summed E-state index contributed by atoms with van der Waals surface area (Å²) in [6.07, 6.45) is 56.0. The van der Waals surface area contributed by atoms with E-state index in [0.29, 0.717) is 12.8 Å². The van der Waals surface area contributed by atoms with E-state index in [1.165, 1.54) is 218 Å². The molecular formula is C48H95NO3. The van der Waals surface area contributed by atoms with Crippen molar-refractivity contribution in [2.24, 2.45) is 0 Å². The highest BCUT2D eigenvalue weighted by molar-refractivity contribution is 5.76. The van der Waals surface area contributed by atoms with Crippen LogP contribution in [0.5, 0.6) is 0 Å². The van der Waals surface area contributed by atoms with E-state index in [4.69, 9.17) is 0 Å². The van der Waals surface area contributed by atoms with Gasteiger partial charge >= 0.3 is 0 Å². The lowest BCUT2D eigenvalue weighted by Gasteiger charge is -2.22. The fourth-order valence-corrected chi connectivity index (χ4v) is 7.59. The zero-order valence-electron chi connectivity index (χ0n) is 35.6. The fraction of sp³-hybridized carbons (Fsp3) is 0.938. The summed E-state index contributed by atoms with van der Waals surface area (Å²) in [7, 11) is 0. The Morgan fingerprint density at radius 2 is 0.731 bits per heavy atom. The Morgan fingerprint density at radius 1 is 0.442 bits per heavy atom. The van der Waals surface area contributed by atoms with E-state index in [9.17, 15) is 15.0 Å². The summed E-state index contributed by atoms with van der Waals surface area (Å²) in [4.78, 5) is 12.4. The number of amides is 1. The number of unbranched alkanes of at least 4 members (excludes halogenated alkanes) is 35. The summed E-state index contributed by atoms with van der Waals surface area (Å²) in [5.41, 5.74) is 0. The number of rotatable bonds is 44. The smallest absolute Gasteiger partial charge is 0.220 e. The van der Waals surface area contributed by atoms with E-state index in [2.05, 4.69) is 31.3 Å². The Kier molecular flexibility index (Phi) is 43.8. The van der Waals surface area contributed by atoms with Crippen LogP contribution in [0.25, 0.3) is 0 Å². The quantitative estimate of drug-likeness (QED) is 0.0431. The number of aliphatic hydroxyl groups excluding tert-OH is 2. The van der Waals surface area contributed by atoms with E-state index in [1.807, 2.05) is 0 Å². The summed E-state index contributed by atoms with van der Waals surface area (Å²) in [6, 6.07) is -0.537. The molecular weight excluding hydrogens is 639 g/mol. The minimum atomic E-state index is -0.659. The van der Waals surface area contributed by atoms with Crippen LogP contribution < -0.4 is 5.32 Å². The summed E-state index contributed by atoms with van der Waals surface area (Å²) in [6.45, 7) is 4.35. The zero-order chi connectivity index (χ0) is 37.8. The van der Waals surface area contributed by atoms with E-state index in [-0.39, 0.29) is 12.5 Å². The maximum Gasteiger partial charge on any atom is 0.220 e. The molecule has 0 fully saturated rings. The van der Waals surface area contributed by atoms with Crippen LogP contribution in [0, 0.1) is 0 Å². The van der Waals surface area contributed by atoms with Gasteiger partial charge in [0.1, 0.15) is 0 Å². The van der Waals surface area contributed by atoms with Gasteiger partial charge in [-0.2, -0.15) is 0 Å². The van der Waals surface area contributed by atoms with Crippen molar-refractivity contribution in [3.05, 3.63) is 12.2 Å². The minimum Gasteiger partial charge on any atom is -0.394 e. The molecule has 2 atom stereocenters. The van der Waals surface area contributed by atoms with Crippen LogP contribution in [0.3, 0.4) is 0 Å². The Balaban J connectivity index is 3.40. The maximum atomic E-state index is 12.4. The number of carbonyl (C=O) groups excluding carboxylic acids is 1. The van der Waals surface area contributed by atoms with Crippen molar-refractivity contribution in [2.45, 2.75) is 283 Å². The van der Waals surface area contributed by atoms with Gasteiger partial charge in [0, 0.05) is 6.42 Å². The highest BCUT2D eigenvalue weighted by atomic mass is 16.3. The van der Waals surface area contributed by atoms with E-state index in [0.717, 1.165) is 25.7 Å². The number of hydrogen-bond acceptors (Lipinski definition) is 3. The molecule has 0 radical (unpaired) electrons. The van der Waals surface area contributed by atoms with Crippen LogP contribution in [0.2, 0.25) is 0 Å². The molecule has 0 saturated heterocycles. The first-order valence-electron chi connectivity index (χ1n) is 23.9. The van der Waals surface area contributed by atoms with Gasteiger partial charge in [-0.15, -0.1) is 0 Å². The lowest BCUT2D eigenvalue weighted by atomic mass is 10.0. The van der Waals surface area contributed by atoms with Crippen molar-refractivity contribution < 1.29 is 15.0 Å². The molecule has 0 aliphatic heterocycles. The molecule has 0 rings (SSSR count). The summed E-state index contributed by atoms with van der Waals surface area (Å²) in [5.74, 6) is -0.0384. The zero-order valence-corrected chi connectivity index (χ0v) is 35.6. The fourth-order valence-electron chi connectivity index (χ4n) is 7.59. The number of allylic oxidation sites excluding steroid dienone is 2. The molecule has 310 valence electrons. The minimum absolute atomic E-state index is 0.0384. The molecule has 52 heavy (non-hydrogen) atoms. The number of hydrogen-bond donors (Lipinski definition) is 3. The van der Waals surface area contributed by atoms with Crippen molar-refractivity contribution in [2.75, 3.05) is 6.61 Å². The molecule has 0 aliphatic carbocycles. The molecule has 0 bridgehead atoms. The van der Waals surface area contributed by atoms with Gasteiger partial charge in [0.25, 0.3) is 0 Å². The van der Waals surface area contributed by atoms with Crippen molar-refractivity contribution in [3.63, 3.8) is 0 Å². The van der Waals surface area contributed by atoms with Crippen molar-refractivity contribution in [1.29, 1.82) is 0 Å². The van der Waals surface area contributed by atoms with Gasteiger partial charge in [-0.05, 0) is 38.5 Å². The highest BCUT2D eigenvalue weighted by Crippen LogP contribution is 2.17. The third-order valence-corrected chi connectivity index (χ3v) is 11.3. The summed E-state index contributed by atoms with van der Waals surface area (Å²) >= 11 is 0. The van der Waals surface area contributed by atoms with Crippen molar-refractivity contribution in [1.82, 2.24) is 5.32 Å². The van der Waals surface area contributed by atoms with E-state index < -0.39 is 12.1 Å². The second-order valence-corrected chi connectivity index (χ2v) is 16.5. The van der Waals surface area contributed by atoms with Crippen LogP contribution in [0.15, 0.2) is 12.2 Å². The first kappa shape index (κ1) is 51.1. The molecule has 3 N–H and O–H groups in total. The number of aliphatic hydroxyl groups is 2.